The highest BCUT2D eigenvalue weighted by Crippen LogP contribution is 2.19. The summed E-state index contributed by atoms with van der Waals surface area (Å²) in [4.78, 5) is 28.0. The lowest BCUT2D eigenvalue weighted by molar-refractivity contribution is -0.142. The zero-order valence-corrected chi connectivity index (χ0v) is 20.8. The van der Waals surface area contributed by atoms with Gasteiger partial charge in [-0.05, 0) is 70.4 Å². The van der Waals surface area contributed by atoms with Crippen molar-refractivity contribution in [3.05, 3.63) is 59.7 Å². The van der Waals surface area contributed by atoms with Crippen molar-refractivity contribution in [3.63, 3.8) is 0 Å². The van der Waals surface area contributed by atoms with Gasteiger partial charge in [0.05, 0.1) is 13.7 Å². The fourth-order valence-corrected chi connectivity index (χ4v) is 3.61. The number of aryl methyl sites for hydroxylation is 1. The Labute approximate surface area is 198 Å². The van der Waals surface area contributed by atoms with E-state index in [1.807, 2.05) is 77.1 Å². The SMILES string of the molecule is CCC(C(=O)NC(C)(C)C)N(Cc1cccc(C)c1)C(=O)CCCOc1ccc(OC)cc1. The molecule has 2 rings (SSSR count). The highest BCUT2D eigenvalue weighted by molar-refractivity contribution is 5.88. The van der Waals surface area contributed by atoms with Crippen LogP contribution in [0.15, 0.2) is 48.5 Å². The number of nitrogens with zero attached hydrogens (tertiary/aromatic N) is 1. The second kappa shape index (κ2) is 12.3. The molecule has 0 saturated carbocycles. The van der Waals surface area contributed by atoms with E-state index in [2.05, 4.69) is 11.4 Å². The van der Waals surface area contributed by atoms with E-state index < -0.39 is 6.04 Å². The summed E-state index contributed by atoms with van der Waals surface area (Å²) in [5.74, 6) is 1.32. The fourth-order valence-electron chi connectivity index (χ4n) is 3.61. The maximum Gasteiger partial charge on any atom is 0.243 e. The maximum absolute atomic E-state index is 13.3. The van der Waals surface area contributed by atoms with E-state index in [1.54, 1.807) is 12.0 Å². The molecule has 0 aliphatic heterocycles. The summed E-state index contributed by atoms with van der Waals surface area (Å²) in [5, 5.41) is 3.03. The molecule has 6 heteroatoms. The predicted octanol–water partition coefficient (Wildman–Crippen LogP) is 4.88. The van der Waals surface area contributed by atoms with Crippen LogP contribution in [-0.2, 0) is 16.1 Å². The molecule has 6 nitrogen and oxygen atoms in total. The quantitative estimate of drug-likeness (QED) is 0.491. The minimum atomic E-state index is -0.528. The normalized spacial score (nSPS) is 12.1. The van der Waals surface area contributed by atoms with E-state index in [9.17, 15) is 9.59 Å². The highest BCUT2D eigenvalue weighted by atomic mass is 16.5. The smallest absolute Gasteiger partial charge is 0.243 e. The zero-order valence-electron chi connectivity index (χ0n) is 20.8. The van der Waals surface area contributed by atoms with Gasteiger partial charge in [-0.1, -0.05) is 36.8 Å². The molecule has 0 aromatic heterocycles. The Morgan fingerprint density at radius 2 is 1.73 bits per heavy atom. The number of rotatable bonds is 11. The van der Waals surface area contributed by atoms with Crippen LogP contribution in [0.25, 0.3) is 0 Å². The molecule has 33 heavy (non-hydrogen) atoms. The number of carbonyl (C=O) groups is 2. The second-order valence-corrected chi connectivity index (χ2v) is 9.30. The molecule has 1 unspecified atom stereocenters. The Morgan fingerprint density at radius 3 is 2.30 bits per heavy atom. The van der Waals surface area contributed by atoms with Gasteiger partial charge in [0.15, 0.2) is 0 Å². The third-order valence-electron chi connectivity index (χ3n) is 5.18. The molecule has 0 aliphatic rings. The molecule has 0 aliphatic carbocycles. The lowest BCUT2D eigenvalue weighted by Gasteiger charge is -2.33. The van der Waals surface area contributed by atoms with Gasteiger partial charge < -0.3 is 19.7 Å². The van der Waals surface area contributed by atoms with Gasteiger partial charge in [0.2, 0.25) is 11.8 Å². The van der Waals surface area contributed by atoms with Crippen LogP contribution in [0.3, 0.4) is 0 Å². The molecule has 0 saturated heterocycles. The van der Waals surface area contributed by atoms with Crippen molar-refractivity contribution in [1.82, 2.24) is 10.2 Å². The number of nitrogens with one attached hydrogen (secondary N) is 1. The van der Waals surface area contributed by atoms with Gasteiger partial charge in [-0.25, -0.2) is 0 Å². The lowest BCUT2D eigenvalue weighted by Crippen LogP contribution is -2.53. The van der Waals surface area contributed by atoms with Crippen LogP contribution in [0, 0.1) is 6.92 Å². The van der Waals surface area contributed by atoms with Crippen molar-refractivity contribution in [2.24, 2.45) is 0 Å². The molecule has 2 aromatic carbocycles. The molecule has 0 radical (unpaired) electrons. The standard InChI is InChI=1S/C27H38N2O4/c1-7-24(26(31)28-27(3,4)5)29(19-21-11-8-10-20(2)18-21)25(30)12-9-17-33-23-15-13-22(32-6)14-16-23/h8,10-11,13-16,18,24H,7,9,12,17,19H2,1-6H3,(H,28,31). The molecule has 0 bridgehead atoms. The third-order valence-corrected chi connectivity index (χ3v) is 5.18. The van der Waals surface area contributed by atoms with Gasteiger partial charge >= 0.3 is 0 Å². The van der Waals surface area contributed by atoms with Crippen LogP contribution in [0.5, 0.6) is 11.5 Å². The summed E-state index contributed by atoms with van der Waals surface area (Å²) >= 11 is 0. The molecule has 0 heterocycles. The first-order valence-corrected chi connectivity index (χ1v) is 11.6. The number of ether oxygens (including phenoxy) is 2. The number of hydrogen-bond donors (Lipinski definition) is 1. The van der Waals surface area contributed by atoms with E-state index in [0.717, 1.165) is 22.6 Å². The second-order valence-electron chi connectivity index (χ2n) is 9.30. The highest BCUT2D eigenvalue weighted by Gasteiger charge is 2.30. The molecule has 1 atom stereocenters. The maximum atomic E-state index is 13.3. The van der Waals surface area contributed by atoms with Crippen LogP contribution < -0.4 is 14.8 Å². The molecule has 1 N–H and O–H groups in total. The number of benzene rings is 2. The summed E-state index contributed by atoms with van der Waals surface area (Å²) in [6.07, 6.45) is 1.41. The van der Waals surface area contributed by atoms with Crippen molar-refractivity contribution in [2.45, 2.75) is 72.0 Å². The molecular formula is C27H38N2O4. The number of methoxy groups -OCH3 is 1. The summed E-state index contributed by atoms with van der Waals surface area (Å²) in [6, 6.07) is 14.9. The lowest BCUT2D eigenvalue weighted by atomic mass is 10.0. The summed E-state index contributed by atoms with van der Waals surface area (Å²) in [6.45, 7) is 10.6. The van der Waals surface area contributed by atoms with Crippen LogP contribution in [-0.4, -0.2) is 42.0 Å². The predicted molar refractivity (Wildman–Crippen MR) is 131 cm³/mol. The van der Waals surface area contributed by atoms with Crippen molar-refractivity contribution in [3.8, 4) is 11.5 Å². The Balaban J connectivity index is 2.06. The van der Waals surface area contributed by atoms with Crippen LogP contribution in [0.2, 0.25) is 0 Å². The Hall–Kier alpha value is -3.02. The zero-order chi connectivity index (χ0) is 24.4. The Kier molecular flexibility index (Phi) is 9.76. The van der Waals surface area contributed by atoms with Crippen LogP contribution in [0.1, 0.15) is 58.1 Å². The topological polar surface area (TPSA) is 67.9 Å². The van der Waals surface area contributed by atoms with E-state index in [-0.39, 0.29) is 17.4 Å². The van der Waals surface area contributed by atoms with Crippen molar-refractivity contribution in [2.75, 3.05) is 13.7 Å². The van der Waals surface area contributed by atoms with Gasteiger partial charge in [-0.15, -0.1) is 0 Å². The molecule has 2 aromatic rings. The van der Waals surface area contributed by atoms with E-state index in [4.69, 9.17) is 9.47 Å². The van der Waals surface area contributed by atoms with E-state index in [0.29, 0.717) is 32.4 Å². The molecule has 180 valence electrons. The van der Waals surface area contributed by atoms with Crippen molar-refractivity contribution < 1.29 is 19.1 Å². The average Bonchev–Trinajstić information content (AvgIpc) is 2.75. The van der Waals surface area contributed by atoms with Crippen LogP contribution in [0.4, 0.5) is 0 Å². The van der Waals surface area contributed by atoms with Crippen molar-refractivity contribution in [1.29, 1.82) is 0 Å². The summed E-state index contributed by atoms with van der Waals surface area (Å²) in [7, 11) is 1.62. The first-order valence-electron chi connectivity index (χ1n) is 11.6. The van der Waals surface area contributed by atoms with Gasteiger partial charge in [0.1, 0.15) is 17.5 Å². The number of amides is 2. The van der Waals surface area contributed by atoms with E-state index in [1.165, 1.54) is 0 Å². The van der Waals surface area contributed by atoms with Gasteiger partial charge in [0, 0.05) is 18.5 Å². The molecular weight excluding hydrogens is 416 g/mol. The number of carbonyl (C=O) groups excluding carboxylic acids is 2. The van der Waals surface area contributed by atoms with Crippen LogP contribution >= 0.6 is 0 Å². The largest absolute Gasteiger partial charge is 0.497 e. The first kappa shape index (κ1) is 26.2. The first-order chi connectivity index (χ1) is 15.6. The van der Waals surface area contributed by atoms with Gasteiger partial charge in [-0.3, -0.25) is 9.59 Å². The molecule has 2 amide bonds. The van der Waals surface area contributed by atoms with Gasteiger partial charge in [0.25, 0.3) is 0 Å². The minimum Gasteiger partial charge on any atom is -0.497 e. The van der Waals surface area contributed by atoms with Crippen molar-refractivity contribution >= 4 is 11.8 Å². The minimum absolute atomic E-state index is 0.0502. The Morgan fingerprint density at radius 1 is 1.06 bits per heavy atom. The van der Waals surface area contributed by atoms with Gasteiger partial charge in [-0.2, -0.15) is 0 Å². The number of hydrogen-bond acceptors (Lipinski definition) is 4. The molecule has 0 spiro atoms. The average molecular weight is 455 g/mol. The van der Waals surface area contributed by atoms with E-state index >= 15 is 0 Å². The fraction of sp³-hybridized carbons (Fsp3) is 0.481. The molecule has 0 fully saturated rings. The summed E-state index contributed by atoms with van der Waals surface area (Å²) < 4.78 is 10.9. The third kappa shape index (κ3) is 8.79. The summed E-state index contributed by atoms with van der Waals surface area (Å²) in [5.41, 5.74) is 1.77. The monoisotopic (exact) mass is 454 g/mol. The Bertz CT molecular complexity index is 903.